The van der Waals surface area contributed by atoms with Gasteiger partial charge in [-0.2, -0.15) is 0 Å². The zero-order valence-electron chi connectivity index (χ0n) is 3.79. The van der Waals surface area contributed by atoms with Crippen molar-refractivity contribution < 1.29 is 0 Å². The van der Waals surface area contributed by atoms with E-state index in [0.717, 1.165) is 0 Å². The van der Waals surface area contributed by atoms with Crippen LogP contribution in [0.4, 0.5) is 0 Å². The van der Waals surface area contributed by atoms with Crippen LogP contribution in [0.2, 0.25) is 0 Å². The van der Waals surface area contributed by atoms with Crippen molar-refractivity contribution >= 4 is 76.5 Å². The molecule has 0 N–H and O–H groups in total. The van der Waals surface area contributed by atoms with Crippen LogP contribution >= 0.6 is 76.5 Å². The summed E-state index contributed by atoms with van der Waals surface area (Å²) in [4.78, 5) is 0. The monoisotopic (exact) mass is 266 g/mol. The Balaban J connectivity index is 3.88. The highest BCUT2D eigenvalue weighted by Gasteiger charge is 2.35. The van der Waals surface area contributed by atoms with Gasteiger partial charge >= 0.3 is 0 Å². The number of hydrogen-bond acceptors (Lipinski definition) is 0. The molecule has 1 atom stereocenters. The average Bonchev–Trinajstić information content (AvgIpc) is 1.62. The number of alkyl halides is 5. The Morgan fingerprint density at radius 2 is 1.44 bits per heavy atom. The fourth-order valence-corrected chi connectivity index (χ4v) is 2.99. The van der Waals surface area contributed by atoms with Crippen molar-refractivity contribution in [3.63, 3.8) is 0 Å². The predicted octanol–water partition coefficient (Wildman–Crippen LogP) is 4.71. The molecule has 7 heteroatoms. The van der Waals surface area contributed by atoms with Crippen molar-refractivity contribution in [2.75, 3.05) is 0 Å². The molecule has 0 rings (SSSR count). The highest BCUT2D eigenvalue weighted by Crippen LogP contribution is 2.66. The zero-order valence-corrected chi connectivity index (χ0v) is 9.22. The minimum atomic E-state index is -1.54. The van der Waals surface area contributed by atoms with E-state index >= 15 is 0 Å². The quantitative estimate of drug-likeness (QED) is 0.477. The van der Waals surface area contributed by atoms with E-state index in [2.05, 4.69) is 0 Å². The first kappa shape index (κ1) is 11.2. The van der Waals surface area contributed by atoms with Gasteiger partial charge in [0.1, 0.15) is 4.58 Å². The molecule has 0 nitrogen and oxygen atoms in total. The lowest BCUT2D eigenvalue weighted by Gasteiger charge is -2.17. The van der Waals surface area contributed by atoms with Gasteiger partial charge in [-0.1, -0.05) is 69.2 Å². The highest BCUT2D eigenvalue weighted by atomic mass is 35.7. The largest absolute Gasteiger partial charge is 0.225 e. The van der Waals surface area contributed by atoms with Crippen molar-refractivity contribution in [3.05, 3.63) is 0 Å². The van der Waals surface area contributed by atoms with E-state index in [1.165, 1.54) is 0 Å². The third-order valence-electron chi connectivity index (χ3n) is 0.414. The molecule has 0 fully saturated rings. The number of rotatable bonds is 1. The Kier molecular flexibility index (Phi) is 5.29. The normalized spacial score (nSPS) is 16.3. The van der Waals surface area contributed by atoms with Gasteiger partial charge in [-0.3, -0.25) is 0 Å². The Labute approximate surface area is 84.2 Å². The Hall–Kier alpha value is 2.17. The maximum atomic E-state index is 5.50. The van der Waals surface area contributed by atoms with E-state index in [-0.39, 0.29) is 0 Å². The fraction of sp³-hybridized carbons (Fsp3) is 1.00. The van der Waals surface area contributed by atoms with Crippen LogP contribution in [0.3, 0.4) is 0 Å². The van der Waals surface area contributed by atoms with Crippen molar-refractivity contribution in [1.82, 2.24) is 0 Å². The second kappa shape index (κ2) is 4.26. The lowest BCUT2D eigenvalue weighted by molar-refractivity contribution is 1.70. The first-order valence-corrected chi connectivity index (χ1v) is 5.98. The molecule has 0 aromatic carbocycles. The second-order valence-corrected chi connectivity index (χ2v) is 8.74. The maximum absolute atomic E-state index is 5.50. The molecule has 0 saturated heterocycles. The number of hydrogen-bond donors (Lipinski definition) is 0. The second-order valence-electron chi connectivity index (χ2n) is 1.06. The average molecular weight is 269 g/mol. The van der Waals surface area contributed by atoms with Crippen LogP contribution in [0, 0.1) is 0 Å². The van der Waals surface area contributed by atoms with E-state index in [1.807, 2.05) is 0 Å². The molecule has 0 aromatic rings. The summed E-state index contributed by atoms with van der Waals surface area (Å²) in [7, 11) is -1.48. The summed E-state index contributed by atoms with van der Waals surface area (Å²) in [6, 6.07) is 0. The molecular weight excluding hydrogens is 268 g/mol. The molecule has 0 aliphatic rings. The standard InChI is InChI=1S/C2HCl6P/c3-1(4)9(8)2(5,6)7/h1H. The molecule has 0 saturated carbocycles. The topological polar surface area (TPSA) is 0 Å². The molecular formula is C2HCl6P. The summed E-state index contributed by atoms with van der Waals surface area (Å²) in [5.41, 5.74) is 0. The molecule has 0 spiro atoms. The van der Waals surface area contributed by atoms with E-state index in [0.29, 0.717) is 0 Å². The molecule has 56 valence electrons. The zero-order chi connectivity index (χ0) is 7.65. The first-order valence-electron chi connectivity index (χ1n) is 1.65. The number of halogens is 6. The summed E-state index contributed by atoms with van der Waals surface area (Å²) in [6.07, 6.45) is 0. The van der Waals surface area contributed by atoms with E-state index < -0.39 is 15.4 Å². The molecule has 9 heavy (non-hydrogen) atoms. The predicted molar refractivity (Wildman–Crippen MR) is 48.6 cm³/mol. The Morgan fingerprint density at radius 1 is 1.11 bits per heavy atom. The summed E-state index contributed by atoms with van der Waals surface area (Å²) in [6.45, 7) is 0. The van der Waals surface area contributed by atoms with E-state index in [1.54, 1.807) is 0 Å². The lowest BCUT2D eigenvalue weighted by Crippen LogP contribution is -1.99. The van der Waals surface area contributed by atoms with Gasteiger partial charge in [0.05, 0.1) is 7.27 Å². The van der Waals surface area contributed by atoms with E-state index in [9.17, 15) is 0 Å². The molecule has 1 unspecified atom stereocenters. The smallest absolute Gasteiger partial charge is 0.0988 e. The van der Waals surface area contributed by atoms with Gasteiger partial charge in [-0.05, 0) is 0 Å². The van der Waals surface area contributed by atoms with Crippen LogP contribution in [-0.4, -0.2) is 8.11 Å². The van der Waals surface area contributed by atoms with Gasteiger partial charge in [0.25, 0.3) is 0 Å². The van der Waals surface area contributed by atoms with E-state index in [4.69, 9.17) is 69.2 Å². The Morgan fingerprint density at radius 3 is 1.44 bits per heavy atom. The maximum Gasteiger partial charge on any atom is 0.225 e. The van der Waals surface area contributed by atoms with Crippen LogP contribution in [-0.2, 0) is 0 Å². The van der Waals surface area contributed by atoms with Crippen molar-refractivity contribution in [1.29, 1.82) is 0 Å². The minimum Gasteiger partial charge on any atom is -0.0988 e. The van der Waals surface area contributed by atoms with Gasteiger partial charge in [0, 0.05) is 0 Å². The van der Waals surface area contributed by atoms with Gasteiger partial charge in [0.2, 0.25) is 3.53 Å². The van der Waals surface area contributed by atoms with Crippen LogP contribution in [0.5, 0.6) is 0 Å². The van der Waals surface area contributed by atoms with Crippen molar-refractivity contribution in [2.45, 2.75) is 8.11 Å². The molecule has 0 aliphatic carbocycles. The van der Waals surface area contributed by atoms with Crippen LogP contribution in [0.1, 0.15) is 0 Å². The molecule has 0 heterocycles. The lowest BCUT2D eigenvalue weighted by atomic mass is 11.8. The molecule has 0 aliphatic heterocycles. The Bertz CT molecular complexity index is 85.5. The van der Waals surface area contributed by atoms with Gasteiger partial charge in [-0.15, -0.1) is 0 Å². The molecule has 0 bridgehead atoms. The van der Waals surface area contributed by atoms with Gasteiger partial charge in [-0.25, -0.2) is 0 Å². The third-order valence-corrected chi connectivity index (χ3v) is 6.78. The molecule has 0 radical (unpaired) electrons. The van der Waals surface area contributed by atoms with Crippen LogP contribution in [0.15, 0.2) is 0 Å². The molecule has 0 amide bonds. The van der Waals surface area contributed by atoms with Crippen molar-refractivity contribution in [3.8, 4) is 0 Å². The van der Waals surface area contributed by atoms with Crippen molar-refractivity contribution in [2.24, 2.45) is 0 Å². The third kappa shape index (κ3) is 4.58. The fourth-order valence-electron chi connectivity index (χ4n) is 0.111. The van der Waals surface area contributed by atoms with Crippen LogP contribution < -0.4 is 0 Å². The van der Waals surface area contributed by atoms with Gasteiger partial charge in [0.15, 0.2) is 0 Å². The van der Waals surface area contributed by atoms with Crippen LogP contribution in [0.25, 0.3) is 0 Å². The molecule has 0 aromatic heterocycles. The minimum absolute atomic E-state index is 0.811. The summed E-state index contributed by atoms with van der Waals surface area (Å²) in [5, 5.41) is 0. The highest BCUT2D eigenvalue weighted by molar-refractivity contribution is 7.91. The van der Waals surface area contributed by atoms with Gasteiger partial charge < -0.3 is 0 Å². The summed E-state index contributed by atoms with van der Waals surface area (Å²) < 4.78 is -2.35. The first-order chi connectivity index (χ1) is 3.85. The summed E-state index contributed by atoms with van der Waals surface area (Å²) >= 11 is 32.2. The summed E-state index contributed by atoms with van der Waals surface area (Å²) in [5.74, 6) is 0. The SMILES string of the molecule is ClC(Cl)P(Cl)C(Cl)(Cl)Cl.